The lowest BCUT2D eigenvalue weighted by Gasteiger charge is -2.26. The number of anilines is 2. The van der Waals surface area contributed by atoms with E-state index in [4.69, 9.17) is 0 Å². The smallest absolute Gasteiger partial charge is 0.211 e. The maximum atomic E-state index is 14.2. The van der Waals surface area contributed by atoms with Gasteiger partial charge in [-0.05, 0) is 37.1 Å². The number of rotatable bonds is 4. The Morgan fingerprint density at radius 3 is 2.57 bits per heavy atom. The predicted molar refractivity (Wildman–Crippen MR) is 111 cm³/mol. The van der Waals surface area contributed by atoms with Crippen LogP contribution in [-0.2, 0) is 4.79 Å². The fraction of sp³-hybridized carbons (Fsp3) is 0.409. The molecular weight excluding hydrogens is 388 g/mol. The molecule has 1 aliphatic heterocycles. The molecule has 1 saturated carbocycles. The highest BCUT2D eigenvalue weighted by atomic mass is 19.1. The molecule has 1 amide bonds. The molecule has 1 unspecified atom stereocenters. The summed E-state index contributed by atoms with van der Waals surface area (Å²) < 4.78 is 29.3. The summed E-state index contributed by atoms with van der Waals surface area (Å²) in [6, 6.07) is 5.01. The number of nitrogens with one attached hydrogen (secondary N) is 1. The lowest BCUT2D eigenvalue weighted by molar-refractivity contribution is -0.105. The summed E-state index contributed by atoms with van der Waals surface area (Å²) in [5.41, 5.74) is 1.32. The van der Waals surface area contributed by atoms with Gasteiger partial charge in [-0.25, -0.2) is 18.3 Å². The number of hydrogen-bond acceptors (Lipinski definition) is 4. The van der Waals surface area contributed by atoms with Crippen LogP contribution >= 0.6 is 0 Å². The van der Waals surface area contributed by atoms with Crippen LogP contribution in [0.1, 0.15) is 56.6 Å². The van der Waals surface area contributed by atoms with Crippen molar-refractivity contribution in [2.24, 2.45) is 0 Å². The van der Waals surface area contributed by atoms with Crippen molar-refractivity contribution in [2.45, 2.75) is 51.0 Å². The summed E-state index contributed by atoms with van der Waals surface area (Å²) in [7, 11) is 0. The van der Waals surface area contributed by atoms with Crippen molar-refractivity contribution in [3.63, 3.8) is 0 Å². The van der Waals surface area contributed by atoms with Crippen LogP contribution < -0.4 is 10.2 Å². The number of fused-ring (bicyclic) bond motifs is 1. The van der Waals surface area contributed by atoms with Crippen LogP contribution in [0.25, 0.3) is 5.65 Å². The van der Waals surface area contributed by atoms with Crippen LogP contribution in [0.5, 0.6) is 0 Å². The second-order valence-corrected chi connectivity index (χ2v) is 7.66. The molecule has 8 heteroatoms. The zero-order valence-corrected chi connectivity index (χ0v) is 16.7. The van der Waals surface area contributed by atoms with Crippen molar-refractivity contribution < 1.29 is 13.6 Å². The Kier molecular flexibility index (Phi) is 6.21. The van der Waals surface area contributed by atoms with Crippen LogP contribution in [0.2, 0.25) is 0 Å². The van der Waals surface area contributed by atoms with Gasteiger partial charge in [0.1, 0.15) is 23.1 Å². The number of nitrogens with zero attached hydrogens (tertiary/aromatic N) is 4. The predicted octanol–water partition coefficient (Wildman–Crippen LogP) is 4.87. The van der Waals surface area contributed by atoms with Crippen molar-refractivity contribution in [1.29, 1.82) is 0 Å². The lowest BCUT2D eigenvalue weighted by atomic mass is 10.0. The summed E-state index contributed by atoms with van der Waals surface area (Å²) >= 11 is 0. The summed E-state index contributed by atoms with van der Waals surface area (Å²) in [5, 5.41) is 6.67. The summed E-state index contributed by atoms with van der Waals surface area (Å²) in [6.45, 7) is 0.689. The fourth-order valence-corrected chi connectivity index (χ4v) is 4.20. The van der Waals surface area contributed by atoms with Gasteiger partial charge in [-0.15, -0.1) is 0 Å². The Morgan fingerprint density at radius 1 is 1.07 bits per heavy atom. The Bertz CT molecular complexity index is 1010. The Morgan fingerprint density at radius 2 is 1.83 bits per heavy atom. The molecule has 6 nitrogen and oxygen atoms in total. The quantitative estimate of drug-likeness (QED) is 0.620. The molecule has 1 aromatic carbocycles. The molecule has 2 fully saturated rings. The molecule has 5 rings (SSSR count). The van der Waals surface area contributed by atoms with Gasteiger partial charge in [-0.3, -0.25) is 4.79 Å². The summed E-state index contributed by atoms with van der Waals surface area (Å²) in [5.74, 6) is -0.250. The lowest BCUT2D eigenvalue weighted by Crippen LogP contribution is -2.24. The number of hydrogen-bond donors (Lipinski definition) is 1. The molecule has 0 radical (unpaired) electrons. The molecule has 158 valence electrons. The molecule has 2 aliphatic rings. The van der Waals surface area contributed by atoms with Crippen molar-refractivity contribution >= 4 is 23.6 Å². The largest absolute Gasteiger partial charge is 0.349 e. The van der Waals surface area contributed by atoms with E-state index in [0.717, 1.165) is 18.6 Å². The number of carbonyl (C=O) groups excluding carboxylic acids is 1. The highest BCUT2D eigenvalue weighted by Gasteiger charge is 2.30. The number of carbonyl (C=O) groups is 1. The van der Waals surface area contributed by atoms with E-state index in [2.05, 4.69) is 15.4 Å². The van der Waals surface area contributed by atoms with Crippen LogP contribution in [0.15, 0.2) is 36.7 Å². The minimum atomic E-state index is -0.458. The van der Waals surface area contributed by atoms with Gasteiger partial charge in [0.05, 0.1) is 12.2 Å². The van der Waals surface area contributed by atoms with Gasteiger partial charge in [0.25, 0.3) is 0 Å². The van der Waals surface area contributed by atoms with E-state index in [1.165, 1.54) is 44.4 Å². The van der Waals surface area contributed by atoms with Gasteiger partial charge in [-0.2, -0.15) is 5.10 Å². The second-order valence-electron chi connectivity index (χ2n) is 7.66. The normalized spacial score (nSPS) is 18.3. The van der Waals surface area contributed by atoms with Gasteiger partial charge in [0.15, 0.2) is 5.65 Å². The molecule has 2 aromatic heterocycles. The molecule has 3 aromatic rings. The van der Waals surface area contributed by atoms with Crippen molar-refractivity contribution in [3.05, 3.63) is 53.9 Å². The SMILES string of the molecule is C1CCCC1.O=CNc1cnn2ccc(N3CCCC3c3cc(F)ccc3F)nc12. The maximum absolute atomic E-state index is 14.2. The zero-order valence-electron chi connectivity index (χ0n) is 16.7. The highest BCUT2D eigenvalue weighted by molar-refractivity contribution is 5.80. The standard InChI is InChI=1S/C17H15F2N5O.C5H10/c18-11-3-4-13(19)12(8-11)15-2-1-6-23(15)16-5-7-24-17(22-16)14(9-21-24)20-10-25;1-2-4-5-3-1/h3-5,7-10,15H,1-2,6H2,(H,20,25);1-5H2. The molecule has 0 spiro atoms. The first kappa shape index (κ1) is 20.3. The first-order chi connectivity index (χ1) is 14.7. The maximum Gasteiger partial charge on any atom is 0.211 e. The summed E-state index contributed by atoms with van der Waals surface area (Å²) in [6.07, 6.45) is 12.9. The molecular formula is C22H25F2N5O. The molecule has 1 N–H and O–H groups in total. The van der Waals surface area contributed by atoms with Crippen LogP contribution in [0.4, 0.5) is 20.3 Å². The van der Waals surface area contributed by atoms with Crippen molar-refractivity contribution in [3.8, 4) is 0 Å². The fourth-order valence-electron chi connectivity index (χ4n) is 4.20. The van der Waals surface area contributed by atoms with E-state index >= 15 is 0 Å². The average molecular weight is 413 g/mol. The molecule has 1 saturated heterocycles. The van der Waals surface area contributed by atoms with E-state index in [9.17, 15) is 13.6 Å². The van der Waals surface area contributed by atoms with E-state index in [1.807, 2.05) is 4.90 Å². The Labute approximate surface area is 173 Å². The van der Waals surface area contributed by atoms with Gasteiger partial charge in [-0.1, -0.05) is 32.1 Å². The van der Waals surface area contributed by atoms with Gasteiger partial charge >= 0.3 is 0 Å². The number of halogens is 2. The van der Waals surface area contributed by atoms with Gasteiger partial charge < -0.3 is 10.2 Å². The highest BCUT2D eigenvalue weighted by Crippen LogP contribution is 2.37. The van der Waals surface area contributed by atoms with Crippen LogP contribution in [-0.4, -0.2) is 27.6 Å². The molecule has 30 heavy (non-hydrogen) atoms. The third kappa shape index (κ3) is 4.27. The summed E-state index contributed by atoms with van der Waals surface area (Å²) in [4.78, 5) is 17.2. The number of benzene rings is 1. The van der Waals surface area contributed by atoms with E-state index in [-0.39, 0.29) is 6.04 Å². The third-order valence-corrected chi connectivity index (χ3v) is 5.68. The zero-order chi connectivity index (χ0) is 20.9. The van der Waals surface area contributed by atoms with E-state index in [1.54, 1.807) is 16.8 Å². The minimum absolute atomic E-state index is 0.281. The van der Waals surface area contributed by atoms with Crippen molar-refractivity contribution in [2.75, 3.05) is 16.8 Å². The topological polar surface area (TPSA) is 62.5 Å². The molecule has 1 atom stereocenters. The van der Waals surface area contributed by atoms with E-state index < -0.39 is 11.6 Å². The van der Waals surface area contributed by atoms with Gasteiger partial charge in [0.2, 0.25) is 6.41 Å². The molecule has 0 bridgehead atoms. The second kappa shape index (κ2) is 9.19. The third-order valence-electron chi connectivity index (χ3n) is 5.68. The first-order valence-corrected chi connectivity index (χ1v) is 10.4. The molecule has 3 heterocycles. The Balaban J connectivity index is 0.000000383. The van der Waals surface area contributed by atoms with Crippen LogP contribution in [0, 0.1) is 11.6 Å². The minimum Gasteiger partial charge on any atom is -0.349 e. The average Bonchev–Trinajstić information content (AvgIpc) is 3.53. The Hall–Kier alpha value is -3.03. The monoisotopic (exact) mass is 413 g/mol. The molecule has 1 aliphatic carbocycles. The van der Waals surface area contributed by atoms with E-state index in [0.29, 0.717) is 42.1 Å². The number of aromatic nitrogens is 3. The number of amides is 1. The first-order valence-electron chi connectivity index (χ1n) is 10.4. The van der Waals surface area contributed by atoms with Crippen molar-refractivity contribution in [1.82, 2.24) is 14.6 Å². The van der Waals surface area contributed by atoms with Crippen LogP contribution in [0.3, 0.4) is 0 Å². The van der Waals surface area contributed by atoms with Gasteiger partial charge in [0, 0.05) is 18.3 Å².